The molecule has 10 nitrogen and oxygen atoms in total. The fourth-order valence-corrected chi connectivity index (χ4v) is 6.18. The number of hydrogen-bond donors (Lipinski definition) is 4. The molecule has 1 unspecified atom stereocenters. The third-order valence-corrected chi connectivity index (χ3v) is 7.71. The van der Waals surface area contributed by atoms with E-state index in [1.54, 1.807) is 0 Å². The van der Waals surface area contributed by atoms with E-state index in [1.165, 1.54) is 39.8 Å². The Morgan fingerprint density at radius 1 is 1.47 bits per heavy atom. The van der Waals surface area contributed by atoms with Crippen LogP contribution in [0.5, 0.6) is 0 Å². The van der Waals surface area contributed by atoms with Gasteiger partial charge in [-0.3, -0.25) is 19.6 Å². The van der Waals surface area contributed by atoms with Crippen molar-refractivity contribution in [3.63, 3.8) is 0 Å². The number of aliphatic carboxylic acids is 1. The number of H-pyrrole nitrogens is 1. The van der Waals surface area contributed by atoms with Gasteiger partial charge in [0.1, 0.15) is 22.9 Å². The molecule has 2 aromatic rings. The third-order valence-electron chi connectivity index (χ3n) is 4.56. The van der Waals surface area contributed by atoms with Crippen molar-refractivity contribution in [3.05, 3.63) is 39.5 Å². The molecule has 2 aromatic heterocycles. The molecule has 13 heteroatoms. The van der Waals surface area contributed by atoms with Crippen LogP contribution in [0.4, 0.5) is 0 Å². The number of carboxylic acid groups (broad SMARTS) is 1. The first-order valence-corrected chi connectivity index (χ1v) is 11.8. The van der Waals surface area contributed by atoms with Crippen molar-refractivity contribution in [2.75, 3.05) is 11.5 Å². The summed E-state index contributed by atoms with van der Waals surface area (Å²) in [7, 11) is 0. The Bertz CT molecular complexity index is 1010. The minimum absolute atomic E-state index is 0.0189. The SMILES string of the molecule is NCc1nc(SCC2=C(C(=O)O)N3C(=O)C(NC(=O)Cc4cccs4)[C@H]3SC2)n[nH]1. The van der Waals surface area contributed by atoms with Gasteiger partial charge in [0.2, 0.25) is 11.1 Å². The Hall–Kier alpha value is -2.35. The highest BCUT2D eigenvalue weighted by Crippen LogP contribution is 2.41. The number of thiophene rings is 1. The lowest BCUT2D eigenvalue weighted by Gasteiger charge is -2.49. The second kappa shape index (κ2) is 8.79. The van der Waals surface area contributed by atoms with E-state index in [9.17, 15) is 19.5 Å². The number of nitrogens with zero attached hydrogens (tertiary/aromatic N) is 3. The lowest BCUT2D eigenvalue weighted by atomic mass is 10.0. The highest BCUT2D eigenvalue weighted by atomic mass is 32.2. The number of rotatable bonds is 8. The van der Waals surface area contributed by atoms with Crippen LogP contribution in [0.15, 0.2) is 33.9 Å². The summed E-state index contributed by atoms with van der Waals surface area (Å²) >= 11 is 4.19. The topological polar surface area (TPSA) is 154 Å². The van der Waals surface area contributed by atoms with Gasteiger partial charge in [0.25, 0.3) is 5.91 Å². The number of β-lactam (4-membered cyclic amide) rings is 1. The van der Waals surface area contributed by atoms with Crippen LogP contribution in [0.3, 0.4) is 0 Å². The Labute approximate surface area is 183 Å². The van der Waals surface area contributed by atoms with Crippen molar-refractivity contribution in [2.45, 2.75) is 29.5 Å². The number of carbonyl (C=O) groups is 3. The molecule has 0 bridgehead atoms. The van der Waals surface area contributed by atoms with Gasteiger partial charge in [-0.2, -0.15) is 0 Å². The molecule has 0 aromatic carbocycles. The number of aromatic amines is 1. The normalized spacial score (nSPS) is 20.7. The first-order chi connectivity index (χ1) is 14.5. The van der Waals surface area contributed by atoms with Crippen molar-refractivity contribution in [1.29, 1.82) is 0 Å². The maximum Gasteiger partial charge on any atom is 0.352 e. The van der Waals surface area contributed by atoms with Crippen LogP contribution in [0.2, 0.25) is 0 Å². The smallest absolute Gasteiger partial charge is 0.352 e. The summed E-state index contributed by atoms with van der Waals surface area (Å²) in [5, 5.41) is 21.1. The van der Waals surface area contributed by atoms with E-state index >= 15 is 0 Å². The molecule has 5 N–H and O–H groups in total. The number of carbonyl (C=O) groups excluding carboxylic acids is 2. The molecule has 2 aliphatic rings. The molecule has 4 rings (SSSR count). The molecule has 4 heterocycles. The lowest BCUT2D eigenvalue weighted by molar-refractivity contribution is -0.150. The lowest BCUT2D eigenvalue weighted by Crippen LogP contribution is -2.70. The van der Waals surface area contributed by atoms with Gasteiger partial charge < -0.3 is 16.2 Å². The van der Waals surface area contributed by atoms with Crippen molar-refractivity contribution in [1.82, 2.24) is 25.4 Å². The Morgan fingerprint density at radius 2 is 2.30 bits per heavy atom. The van der Waals surface area contributed by atoms with Gasteiger partial charge in [0.15, 0.2) is 0 Å². The summed E-state index contributed by atoms with van der Waals surface area (Å²) in [5.41, 5.74) is 6.09. The van der Waals surface area contributed by atoms with E-state index < -0.39 is 23.3 Å². The Kier molecular flexibility index (Phi) is 6.13. The molecule has 2 atom stereocenters. The molecule has 30 heavy (non-hydrogen) atoms. The predicted octanol–water partition coefficient (Wildman–Crippen LogP) is 0.398. The molecule has 1 saturated heterocycles. The number of fused-ring (bicyclic) bond motifs is 1. The van der Waals surface area contributed by atoms with Crippen LogP contribution in [0.25, 0.3) is 0 Å². The highest BCUT2D eigenvalue weighted by Gasteiger charge is 2.54. The van der Waals surface area contributed by atoms with Crippen LogP contribution in [0, 0.1) is 0 Å². The van der Waals surface area contributed by atoms with Crippen LogP contribution in [0.1, 0.15) is 10.7 Å². The number of nitrogens with two attached hydrogens (primary N) is 1. The summed E-state index contributed by atoms with van der Waals surface area (Å²) in [6, 6.07) is 3.00. The number of aromatic nitrogens is 3. The van der Waals surface area contributed by atoms with Crippen LogP contribution >= 0.6 is 34.9 Å². The van der Waals surface area contributed by atoms with Crippen LogP contribution in [-0.2, 0) is 27.3 Å². The van der Waals surface area contributed by atoms with E-state index in [2.05, 4.69) is 20.5 Å². The first kappa shape index (κ1) is 20.9. The van der Waals surface area contributed by atoms with Crippen molar-refractivity contribution < 1.29 is 19.5 Å². The molecule has 0 spiro atoms. The summed E-state index contributed by atoms with van der Waals surface area (Å²) in [5.74, 6) is -0.502. The third kappa shape index (κ3) is 4.10. The quantitative estimate of drug-likeness (QED) is 0.320. The average molecular weight is 467 g/mol. The van der Waals surface area contributed by atoms with Gasteiger partial charge in [0.05, 0.1) is 13.0 Å². The van der Waals surface area contributed by atoms with Crippen LogP contribution < -0.4 is 11.1 Å². The van der Waals surface area contributed by atoms with E-state index in [-0.39, 0.29) is 24.6 Å². The van der Waals surface area contributed by atoms with Crippen molar-refractivity contribution >= 4 is 52.6 Å². The zero-order chi connectivity index (χ0) is 21.3. The fourth-order valence-electron chi connectivity index (χ4n) is 3.18. The van der Waals surface area contributed by atoms with Crippen molar-refractivity contribution in [2.24, 2.45) is 5.73 Å². The summed E-state index contributed by atoms with van der Waals surface area (Å²) in [6.07, 6.45) is 0.198. The maximum absolute atomic E-state index is 12.7. The molecule has 158 valence electrons. The van der Waals surface area contributed by atoms with Gasteiger partial charge in [-0.1, -0.05) is 17.8 Å². The largest absolute Gasteiger partial charge is 0.477 e. The fraction of sp³-hybridized carbons (Fsp3) is 0.353. The maximum atomic E-state index is 12.7. The van der Waals surface area contributed by atoms with E-state index in [1.807, 2.05) is 17.5 Å². The predicted molar refractivity (Wildman–Crippen MR) is 113 cm³/mol. The van der Waals surface area contributed by atoms with E-state index in [0.29, 0.717) is 28.1 Å². The minimum Gasteiger partial charge on any atom is -0.477 e. The zero-order valence-electron chi connectivity index (χ0n) is 15.5. The monoisotopic (exact) mass is 466 g/mol. The highest BCUT2D eigenvalue weighted by molar-refractivity contribution is 8.01. The van der Waals surface area contributed by atoms with Gasteiger partial charge in [0, 0.05) is 16.4 Å². The number of amides is 2. The molecule has 2 aliphatic heterocycles. The Balaban J connectivity index is 1.43. The van der Waals surface area contributed by atoms with Gasteiger partial charge >= 0.3 is 5.97 Å². The summed E-state index contributed by atoms with van der Waals surface area (Å²) in [4.78, 5) is 43.2. The molecular formula is C17H18N6O4S3. The zero-order valence-corrected chi connectivity index (χ0v) is 18.0. The minimum atomic E-state index is -1.16. The van der Waals surface area contributed by atoms with Gasteiger partial charge in [-0.25, -0.2) is 9.78 Å². The van der Waals surface area contributed by atoms with Gasteiger partial charge in [-0.05, 0) is 17.0 Å². The number of carboxylic acids is 1. The van der Waals surface area contributed by atoms with E-state index in [4.69, 9.17) is 5.73 Å². The summed E-state index contributed by atoms with van der Waals surface area (Å²) < 4.78 is 0. The second-order valence-electron chi connectivity index (χ2n) is 6.53. The number of nitrogens with one attached hydrogen (secondary N) is 2. The first-order valence-electron chi connectivity index (χ1n) is 8.93. The Morgan fingerprint density at radius 3 is 2.97 bits per heavy atom. The molecule has 0 saturated carbocycles. The molecular weight excluding hydrogens is 448 g/mol. The molecule has 0 radical (unpaired) electrons. The average Bonchev–Trinajstić information content (AvgIpc) is 3.41. The second-order valence-corrected chi connectivity index (χ2v) is 9.61. The molecule has 0 aliphatic carbocycles. The molecule has 2 amide bonds. The van der Waals surface area contributed by atoms with E-state index in [0.717, 1.165) is 4.88 Å². The number of thioether (sulfide) groups is 2. The standard InChI is InChI=1S/C17H18N6O4S3/c18-5-10-19-17(22-21-10)30-7-8-6-29-15-12(14(25)23(15)13(8)16(26)27)20-11(24)4-9-2-1-3-28-9/h1-3,12,15H,4-7,18H2,(H,20,24)(H,26,27)(H,19,21,22)/t12?,15-/m1/s1. The molecule has 1 fully saturated rings. The van der Waals surface area contributed by atoms with Crippen molar-refractivity contribution in [3.8, 4) is 0 Å². The number of hydrogen-bond acceptors (Lipinski definition) is 9. The van der Waals surface area contributed by atoms with Gasteiger partial charge in [-0.15, -0.1) is 28.2 Å². The van der Waals surface area contributed by atoms with Crippen LogP contribution in [-0.4, -0.2) is 65.9 Å². The summed E-state index contributed by atoms with van der Waals surface area (Å²) in [6.45, 7) is 0.232.